The second kappa shape index (κ2) is 9.09. The molecule has 1 saturated heterocycles. The summed E-state index contributed by atoms with van der Waals surface area (Å²) in [6, 6.07) is 20.4. The van der Waals surface area contributed by atoms with Crippen LogP contribution >= 0.6 is 0 Å². The molecule has 1 fully saturated rings. The Balaban J connectivity index is 0.000000180. The van der Waals surface area contributed by atoms with Crippen molar-refractivity contribution in [2.45, 2.75) is 18.2 Å². The van der Waals surface area contributed by atoms with Gasteiger partial charge in [0.1, 0.15) is 0 Å². The molecule has 0 bridgehead atoms. The highest BCUT2D eigenvalue weighted by atomic mass is 32.2. The third kappa shape index (κ3) is 5.25. The van der Waals surface area contributed by atoms with Gasteiger partial charge in [-0.25, -0.2) is 0 Å². The lowest BCUT2D eigenvalue weighted by molar-refractivity contribution is 0.483. The van der Waals surface area contributed by atoms with Gasteiger partial charge in [-0.2, -0.15) is 13.5 Å². The van der Waals surface area contributed by atoms with E-state index in [4.69, 9.17) is 4.55 Å². The standard InChI is InChI=1S/C17H17N3.C7H8O3S/c1-2-4-12(5-3-1)16-6-7-17(20-19-16)13-8-14-10-18-11-15(14)9-13;1-6-2-4-7(5-3-6)11(8,9)10/h1-8,14-15,18H,9-11H2;2-5H,1H3,(H,8,9,10)/t14-,15+;/m0./s1. The van der Waals surface area contributed by atoms with Crippen LogP contribution < -0.4 is 5.32 Å². The van der Waals surface area contributed by atoms with Crippen molar-refractivity contribution in [1.29, 1.82) is 0 Å². The molecule has 160 valence electrons. The minimum absolute atomic E-state index is 0.0666. The number of hydrogen-bond acceptors (Lipinski definition) is 5. The van der Waals surface area contributed by atoms with E-state index in [1.807, 2.05) is 25.1 Å². The zero-order chi connectivity index (χ0) is 21.8. The summed E-state index contributed by atoms with van der Waals surface area (Å²) in [6.45, 7) is 4.09. The van der Waals surface area contributed by atoms with E-state index in [2.05, 4.69) is 45.9 Å². The lowest BCUT2D eigenvalue weighted by Crippen LogP contribution is -2.09. The molecule has 2 heterocycles. The van der Waals surface area contributed by atoms with Crippen LogP contribution in [0.4, 0.5) is 0 Å². The van der Waals surface area contributed by atoms with Crippen LogP contribution in [0.1, 0.15) is 17.7 Å². The summed E-state index contributed by atoms with van der Waals surface area (Å²) in [4.78, 5) is -0.0666. The van der Waals surface area contributed by atoms with E-state index >= 15 is 0 Å². The second-order valence-electron chi connectivity index (χ2n) is 7.94. The number of rotatable bonds is 3. The van der Waals surface area contributed by atoms with Gasteiger partial charge in [-0.1, -0.05) is 54.1 Å². The highest BCUT2D eigenvalue weighted by Crippen LogP contribution is 2.37. The molecule has 0 amide bonds. The fraction of sp³-hybridized carbons (Fsp3) is 0.250. The summed E-state index contributed by atoms with van der Waals surface area (Å²) in [7, 11) is -4.02. The lowest BCUT2D eigenvalue weighted by atomic mass is 9.99. The first-order valence-electron chi connectivity index (χ1n) is 10.3. The molecular weight excluding hydrogens is 410 g/mol. The number of nitrogens with one attached hydrogen (secondary N) is 1. The Morgan fingerprint density at radius 1 is 0.903 bits per heavy atom. The Hall–Kier alpha value is -2.87. The molecule has 0 spiro atoms. The number of hydrogen-bond donors (Lipinski definition) is 2. The van der Waals surface area contributed by atoms with Crippen LogP contribution in [0, 0.1) is 18.8 Å². The Morgan fingerprint density at radius 2 is 1.58 bits per heavy atom. The zero-order valence-electron chi connectivity index (χ0n) is 17.3. The highest BCUT2D eigenvalue weighted by Gasteiger charge is 2.32. The van der Waals surface area contributed by atoms with Crippen LogP contribution in [0.3, 0.4) is 0 Å². The number of aromatic nitrogens is 2. The summed E-state index contributed by atoms with van der Waals surface area (Å²) < 4.78 is 29.6. The predicted octanol–water partition coefficient (Wildman–Crippen LogP) is 4.01. The van der Waals surface area contributed by atoms with Crippen molar-refractivity contribution >= 4 is 15.7 Å². The lowest BCUT2D eigenvalue weighted by Gasteiger charge is -2.06. The van der Waals surface area contributed by atoms with Crippen LogP contribution in [0.25, 0.3) is 16.8 Å². The monoisotopic (exact) mass is 435 g/mol. The molecule has 1 aliphatic heterocycles. The second-order valence-corrected chi connectivity index (χ2v) is 9.36. The van der Waals surface area contributed by atoms with E-state index < -0.39 is 10.1 Å². The number of fused-ring (bicyclic) bond motifs is 1. The Bertz CT molecular complexity index is 1160. The van der Waals surface area contributed by atoms with E-state index in [0.717, 1.165) is 47.9 Å². The van der Waals surface area contributed by atoms with Gasteiger partial charge in [0.15, 0.2) is 0 Å². The van der Waals surface area contributed by atoms with Crippen molar-refractivity contribution in [1.82, 2.24) is 15.5 Å². The Morgan fingerprint density at radius 3 is 2.19 bits per heavy atom. The molecule has 1 aliphatic carbocycles. The van der Waals surface area contributed by atoms with E-state index in [9.17, 15) is 8.42 Å². The number of allylic oxidation sites excluding steroid dienone is 1. The quantitative estimate of drug-likeness (QED) is 0.604. The fourth-order valence-electron chi connectivity index (χ4n) is 3.95. The van der Waals surface area contributed by atoms with Crippen molar-refractivity contribution in [2.24, 2.45) is 11.8 Å². The average molecular weight is 436 g/mol. The van der Waals surface area contributed by atoms with Crippen molar-refractivity contribution in [3.05, 3.63) is 84.1 Å². The van der Waals surface area contributed by atoms with E-state index in [1.54, 1.807) is 12.1 Å². The summed E-state index contributed by atoms with van der Waals surface area (Å²) in [6.07, 6.45) is 3.52. The SMILES string of the molecule is C1=C(c2ccc(-c3ccccc3)nn2)C[C@@H]2CNC[C@H]12.Cc1ccc(S(=O)(=O)O)cc1. The maximum Gasteiger partial charge on any atom is 0.294 e. The summed E-state index contributed by atoms with van der Waals surface area (Å²) >= 11 is 0. The first kappa shape index (κ1) is 21.4. The molecule has 3 aromatic rings. The van der Waals surface area contributed by atoms with Gasteiger partial charge in [0.2, 0.25) is 0 Å². The fourth-order valence-corrected chi connectivity index (χ4v) is 4.43. The molecule has 7 heteroatoms. The topological polar surface area (TPSA) is 92.2 Å². The van der Waals surface area contributed by atoms with E-state index in [1.165, 1.54) is 17.7 Å². The molecule has 2 aliphatic rings. The van der Waals surface area contributed by atoms with Gasteiger partial charge in [0.25, 0.3) is 10.1 Å². The molecule has 31 heavy (non-hydrogen) atoms. The summed E-state index contributed by atoms with van der Waals surface area (Å²) in [5, 5.41) is 12.3. The minimum Gasteiger partial charge on any atom is -0.316 e. The Labute approximate surface area is 182 Å². The molecule has 0 radical (unpaired) electrons. The molecule has 2 aromatic carbocycles. The maximum atomic E-state index is 10.5. The van der Waals surface area contributed by atoms with Gasteiger partial charge in [0, 0.05) is 12.1 Å². The van der Waals surface area contributed by atoms with Gasteiger partial charge in [-0.3, -0.25) is 4.55 Å². The van der Waals surface area contributed by atoms with E-state index in [0.29, 0.717) is 5.92 Å². The first-order valence-corrected chi connectivity index (χ1v) is 11.7. The van der Waals surface area contributed by atoms with Crippen molar-refractivity contribution in [3.63, 3.8) is 0 Å². The molecule has 0 saturated carbocycles. The summed E-state index contributed by atoms with van der Waals surface area (Å²) in [5.41, 5.74) is 5.42. The van der Waals surface area contributed by atoms with Crippen LogP contribution in [-0.2, 0) is 10.1 Å². The average Bonchev–Trinajstić information content (AvgIpc) is 3.37. The highest BCUT2D eigenvalue weighted by molar-refractivity contribution is 7.85. The van der Waals surface area contributed by atoms with Gasteiger partial charge in [-0.05, 0) is 61.6 Å². The zero-order valence-corrected chi connectivity index (χ0v) is 18.1. The van der Waals surface area contributed by atoms with Crippen LogP contribution in [0.15, 0.2) is 77.7 Å². The predicted molar refractivity (Wildman–Crippen MR) is 121 cm³/mol. The van der Waals surface area contributed by atoms with Crippen molar-refractivity contribution in [2.75, 3.05) is 13.1 Å². The van der Waals surface area contributed by atoms with E-state index in [-0.39, 0.29) is 4.90 Å². The van der Waals surface area contributed by atoms with Crippen LogP contribution in [0.2, 0.25) is 0 Å². The number of benzene rings is 2. The smallest absolute Gasteiger partial charge is 0.294 e. The van der Waals surface area contributed by atoms with Crippen LogP contribution in [0.5, 0.6) is 0 Å². The van der Waals surface area contributed by atoms with Crippen molar-refractivity contribution in [3.8, 4) is 11.3 Å². The van der Waals surface area contributed by atoms with Gasteiger partial charge in [0.05, 0.1) is 16.3 Å². The third-order valence-electron chi connectivity index (χ3n) is 5.67. The molecule has 6 nitrogen and oxygen atoms in total. The molecule has 5 rings (SSSR count). The molecule has 0 unspecified atom stereocenters. The minimum atomic E-state index is -4.02. The van der Waals surface area contributed by atoms with Crippen LogP contribution in [-0.4, -0.2) is 36.3 Å². The largest absolute Gasteiger partial charge is 0.316 e. The van der Waals surface area contributed by atoms with Gasteiger partial charge >= 0.3 is 0 Å². The molecule has 2 N–H and O–H groups in total. The normalized spacial score (nSPS) is 19.9. The maximum absolute atomic E-state index is 10.5. The first-order chi connectivity index (χ1) is 14.9. The van der Waals surface area contributed by atoms with Gasteiger partial charge in [-0.15, -0.1) is 5.10 Å². The number of nitrogens with zero attached hydrogens (tertiary/aromatic N) is 2. The van der Waals surface area contributed by atoms with Gasteiger partial charge < -0.3 is 5.32 Å². The summed E-state index contributed by atoms with van der Waals surface area (Å²) in [5.74, 6) is 1.46. The molecule has 2 atom stereocenters. The molecule has 1 aromatic heterocycles. The third-order valence-corrected chi connectivity index (χ3v) is 6.54. The number of aryl methyl sites for hydroxylation is 1. The Kier molecular flexibility index (Phi) is 6.27. The van der Waals surface area contributed by atoms with Crippen molar-refractivity contribution < 1.29 is 13.0 Å². The molecular formula is C24H25N3O3S.